The molecule has 1 aliphatic heterocycles. The first-order chi connectivity index (χ1) is 11.8. The molecule has 0 radical (unpaired) electrons. The Labute approximate surface area is 150 Å². The van der Waals surface area contributed by atoms with Crippen molar-refractivity contribution < 1.29 is 4.74 Å². The van der Waals surface area contributed by atoms with Crippen LogP contribution in [0.4, 0.5) is 5.13 Å². The summed E-state index contributed by atoms with van der Waals surface area (Å²) in [5, 5.41) is 1.81. The van der Waals surface area contributed by atoms with Crippen LogP contribution < -0.4 is 4.90 Å². The van der Waals surface area contributed by atoms with Crippen LogP contribution in [0.3, 0.4) is 0 Å². The van der Waals surface area contributed by atoms with E-state index < -0.39 is 0 Å². The molecule has 3 nitrogen and oxygen atoms in total. The van der Waals surface area contributed by atoms with E-state index >= 15 is 0 Å². The van der Waals surface area contributed by atoms with Crippen molar-refractivity contribution in [3.8, 4) is 21.7 Å². The van der Waals surface area contributed by atoms with Gasteiger partial charge in [-0.3, -0.25) is 0 Å². The minimum Gasteiger partial charge on any atom is -0.378 e. The summed E-state index contributed by atoms with van der Waals surface area (Å²) in [5.41, 5.74) is 3.32. The van der Waals surface area contributed by atoms with Crippen molar-refractivity contribution in [1.29, 1.82) is 0 Å². The van der Waals surface area contributed by atoms with Crippen LogP contribution in [0.1, 0.15) is 0 Å². The summed E-state index contributed by atoms with van der Waals surface area (Å²) in [7, 11) is 0. The monoisotopic (exact) mass is 356 g/mol. The first-order valence-corrected chi connectivity index (χ1v) is 9.15. The Bertz CT molecular complexity index is 811. The van der Waals surface area contributed by atoms with Gasteiger partial charge in [0.05, 0.1) is 23.8 Å². The fraction of sp³-hybridized carbons (Fsp3) is 0.211. The molecule has 0 bridgehead atoms. The molecule has 1 saturated heterocycles. The number of thiazole rings is 1. The van der Waals surface area contributed by atoms with Crippen LogP contribution in [0.15, 0.2) is 54.6 Å². The highest BCUT2D eigenvalue weighted by Gasteiger charge is 2.20. The van der Waals surface area contributed by atoms with Gasteiger partial charge < -0.3 is 9.64 Å². The van der Waals surface area contributed by atoms with Crippen molar-refractivity contribution in [2.75, 3.05) is 31.2 Å². The van der Waals surface area contributed by atoms with E-state index in [0.29, 0.717) is 0 Å². The Balaban J connectivity index is 1.80. The number of anilines is 1. The number of hydrogen-bond acceptors (Lipinski definition) is 4. The summed E-state index contributed by atoms with van der Waals surface area (Å²) in [6.45, 7) is 3.30. The highest BCUT2D eigenvalue weighted by molar-refractivity contribution is 7.19. The van der Waals surface area contributed by atoms with Crippen LogP contribution in [-0.2, 0) is 4.74 Å². The van der Waals surface area contributed by atoms with E-state index in [-0.39, 0.29) is 0 Å². The maximum atomic E-state index is 6.05. The Morgan fingerprint density at radius 2 is 1.62 bits per heavy atom. The van der Waals surface area contributed by atoms with Gasteiger partial charge >= 0.3 is 0 Å². The van der Waals surface area contributed by atoms with Gasteiger partial charge in [0, 0.05) is 23.7 Å². The first-order valence-electron chi connectivity index (χ1n) is 7.96. The summed E-state index contributed by atoms with van der Waals surface area (Å²) in [6.07, 6.45) is 0. The van der Waals surface area contributed by atoms with Crippen LogP contribution in [0.25, 0.3) is 21.7 Å². The van der Waals surface area contributed by atoms with Crippen molar-refractivity contribution in [1.82, 2.24) is 4.98 Å². The smallest absolute Gasteiger partial charge is 0.186 e. The number of ether oxygens (including phenoxy) is 1. The quantitative estimate of drug-likeness (QED) is 0.662. The summed E-state index contributed by atoms with van der Waals surface area (Å²) in [6, 6.07) is 18.3. The first kappa shape index (κ1) is 15.6. The zero-order chi connectivity index (χ0) is 16.4. The molecule has 122 valence electrons. The highest BCUT2D eigenvalue weighted by Crippen LogP contribution is 2.40. The molecule has 0 atom stereocenters. The van der Waals surface area contributed by atoms with E-state index in [1.165, 1.54) is 4.88 Å². The number of halogens is 1. The van der Waals surface area contributed by atoms with Gasteiger partial charge in [-0.15, -0.1) is 0 Å². The zero-order valence-corrected chi connectivity index (χ0v) is 14.7. The van der Waals surface area contributed by atoms with Gasteiger partial charge in [-0.1, -0.05) is 65.4 Å². The van der Waals surface area contributed by atoms with Gasteiger partial charge in [-0.05, 0) is 17.7 Å². The second kappa shape index (κ2) is 6.93. The van der Waals surface area contributed by atoms with Gasteiger partial charge in [-0.2, -0.15) is 0 Å². The Kier molecular flexibility index (Phi) is 4.52. The predicted molar refractivity (Wildman–Crippen MR) is 101 cm³/mol. The summed E-state index contributed by atoms with van der Waals surface area (Å²) < 4.78 is 5.46. The Morgan fingerprint density at radius 1 is 0.917 bits per heavy atom. The maximum absolute atomic E-state index is 6.05. The molecule has 3 aromatic rings. The molecular weight excluding hydrogens is 340 g/mol. The molecule has 1 aliphatic rings. The van der Waals surface area contributed by atoms with E-state index in [9.17, 15) is 0 Å². The predicted octanol–water partition coefficient (Wildman–Crippen LogP) is 4.97. The van der Waals surface area contributed by atoms with Crippen LogP contribution in [0.5, 0.6) is 0 Å². The molecule has 0 saturated carbocycles. The number of benzene rings is 2. The number of nitrogens with zero attached hydrogens (tertiary/aromatic N) is 2. The van der Waals surface area contributed by atoms with Crippen LogP contribution in [0, 0.1) is 0 Å². The molecule has 0 unspecified atom stereocenters. The Hall–Kier alpha value is -1.88. The van der Waals surface area contributed by atoms with Crippen molar-refractivity contribution >= 4 is 28.1 Å². The topological polar surface area (TPSA) is 25.4 Å². The molecule has 0 N–H and O–H groups in total. The van der Waals surface area contributed by atoms with Gasteiger partial charge in [0.2, 0.25) is 0 Å². The van der Waals surface area contributed by atoms with E-state index in [1.54, 1.807) is 11.3 Å². The minimum absolute atomic E-state index is 0.748. The molecule has 2 aromatic carbocycles. The van der Waals surface area contributed by atoms with E-state index in [2.05, 4.69) is 41.3 Å². The molecule has 2 heterocycles. The number of hydrogen-bond donors (Lipinski definition) is 0. The molecule has 1 fully saturated rings. The fourth-order valence-electron chi connectivity index (χ4n) is 2.79. The molecule has 1 aromatic heterocycles. The molecule has 4 rings (SSSR count). The van der Waals surface area contributed by atoms with Crippen LogP contribution in [0.2, 0.25) is 5.02 Å². The van der Waals surface area contributed by atoms with E-state index in [4.69, 9.17) is 21.3 Å². The third-order valence-corrected chi connectivity index (χ3v) is 5.47. The Morgan fingerprint density at radius 3 is 2.33 bits per heavy atom. The average molecular weight is 357 g/mol. The SMILES string of the molecule is Clc1ccc(-c2sc(N3CCOCC3)nc2-c2ccccc2)cc1. The second-order valence-corrected chi connectivity index (χ2v) is 7.06. The van der Waals surface area contributed by atoms with Crippen molar-refractivity contribution in [3.63, 3.8) is 0 Å². The molecule has 0 aliphatic carbocycles. The lowest BCUT2D eigenvalue weighted by Gasteiger charge is -2.26. The van der Waals surface area contributed by atoms with Gasteiger partial charge in [0.1, 0.15) is 0 Å². The van der Waals surface area contributed by atoms with E-state index in [0.717, 1.165) is 53.3 Å². The van der Waals surface area contributed by atoms with Crippen molar-refractivity contribution in [2.24, 2.45) is 0 Å². The maximum Gasteiger partial charge on any atom is 0.186 e. The van der Waals surface area contributed by atoms with Crippen molar-refractivity contribution in [2.45, 2.75) is 0 Å². The standard InChI is InChI=1S/C19H17ClN2OS/c20-16-8-6-15(7-9-16)18-17(14-4-2-1-3-5-14)21-19(24-18)22-10-12-23-13-11-22/h1-9H,10-13H2. The third-order valence-electron chi connectivity index (χ3n) is 4.05. The number of morpholine rings is 1. The third kappa shape index (κ3) is 3.18. The number of aromatic nitrogens is 1. The summed E-state index contributed by atoms with van der Waals surface area (Å²) in [5.74, 6) is 0. The lowest BCUT2D eigenvalue weighted by molar-refractivity contribution is 0.122. The second-order valence-electron chi connectivity index (χ2n) is 5.65. The molecule has 5 heteroatoms. The fourth-order valence-corrected chi connectivity index (χ4v) is 4.06. The molecule has 0 spiro atoms. The van der Waals surface area contributed by atoms with Gasteiger partial charge in [-0.25, -0.2) is 4.98 Å². The highest BCUT2D eigenvalue weighted by atomic mass is 35.5. The molecular formula is C19H17ClN2OS. The minimum atomic E-state index is 0.748. The number of rotatable bonds is 3. The molecule has 0 amide bonds. The molecule has 24 heavy (non-hydrogen) atoms. The summed E-state index contributed by atoms with van der Waals surface area (Å²) in [4.78, 5) is 8.44. The lowest BCUT2D eigenvalue weighted by Crippen LogP contribution is -2.36. The van der Waals surface area contributed by atoms with Crippen molar-refractivity contribution in [3.05, 3.63) is 59.6 Å². The lowest BCUT2D eigenvalue weighted by atomic mass is 10.1. The largest absolute Gasteiger partial charge is 0.378 e. The van der Waals surface area contributed by atoms with Gasteiger partial charge in [0.15, 0.2) is 5.13 Å². The summed E-state index contributed by atoms with van der Waals surface area (Å²) >= 11 is 7.78. The van der Waals surface area contributed by atoms with E-state index in [1.807, 2.05) is 18.2 Å². The zero-order valence-electron chi connectivity index (χ0n) is 13.1. The normalized spacial score (nSPS) is 14.8. The van der Waals surface area contributed by atoms with Gasteiger partial charge in [0.25, 0.3) is 0 Å². The van der Waals surface area contributed by atoms with Crippen LogP contribution >= 0.6 is 22.9 Å². The van der Waals surface area contributed by atoms with Crippen LogP contribution in [-0.4, -0.2) is 31.3 Å². The average Bonchev–Trinajstić information content (AvgIpc) is 3.09.